The minimum Gasteiger partial charge on any atom is -0.491 e. The van der Waals surface area contributed by atoms with Crippen LogP contribution in [-0.2, 0) is 11.1 Å². The van der Waals surface area contributed by atoms with E-state index in [9.17, 15) is 5.11 Å². The second kappa shape index (κ2) is 9.13. The molecule has 1 saturated carbocycles. The number of aryl methyl sites for hydroxylation is 1. The molecule has 4 heteroatoms. The molecular formula is C18H29NO3. The Hall–Kier alpha value is -1.10. The Bertz CT molecular complexity index is 1220. The molecular weight excluding hydrogens is 278 g/mol. The number of benzene rings is 1. The van der Waals surface area contributed by atoms with Crippen LogP contribution in [0.5, 0.6) is 5.75 Å². The quantitative estimate of drug-likeness (QED) is 0.654. The van der Waals surface area contributed by atoms with Crippen LogP contribution in [0.1, 0.15) is 63.5 Å². The van der Waals surface area contributed by atoms with Gasteiger partial charge in [-0.2, -0.15) is 0 Å². The minimum atomic E-state index is -4.18. The summed E-state index contributed by atoms with van der Waals surface area (Å²) in [6.07, 6.45) is -13.8. The summed E-state index contributed by atoms with van der Waals surface area (Å²) in [6.45, 7) is -22.9. The van der Waals surface area contributed by atoms with Gasteiger partial charge in [-0.15, -0.1) is 0 Å². The van der Waals surface area contributed by atoms with Crippen LogP contribution in [0.25, 0.3) is 0 Å². The van der Waals surface area contributed by atoms with Crippen molar-refractivity contribution < 1.29 is 46.1 Å². The highest BCUT2D eigenvalue weighted by Crippen LogP contribution is 2.28. The molecule has 1 aromatic carbocycles. The standard InChI is InChI=1S/C18H29NO3/c1-14(2)19-11-17(20)13-22-18-7-5-15(6-8-18)9-10-21-12-16-3-4-16/h5-8,14,16-17,19-20H,3-4,9-13H2,1-2H3/i1D3,2D3,3D2,4D2,9D2,10D2,11D2,12D2,13D2,14D,16D,17D. The molecule has 4 nitrogen and oxygen atoms in total. The van der Waals surface area contributed by atoms with Gasteiger partial charge in [0.2, 0.25) is 0 Å². The average Bonchev–Trinajstić information content (AvgIpc) is 3.13. The van der Waals surface area contributed by atoms with Crippen LogP contribution < -0.4 is 10.1 Å². The smallest absolute Gasteiger partial charge is 0.119 e. The Kier molecular flexibility index (Phi) is 1.70. The van der Waals surface area contributed by atoms with Crippen LogP contribution in [0, 0.1) is 5.89 Å². The van der Waals surface area contributed by atoms with Crippen molar-refractivity contribution in [1.29, 1.82) is 0 Å². The van der Waals surface area contributed by atoms with Gasteiger partial charge in [0.25, 0.3) is 0 Å². The Labute approximate surface area is 166 Å². The Morgan fingerprint density at radius 2 is 2.27 bits per heavy atom. The second-order valence-electron chi connectivity index (χ2n) is 3.76. The normalized spacial score (nSPS) is 43.8. The van der Waals surface area contributed by atoms with Crippen LogP contribution in [0.2, 0.25) is 0 Å². The van der Waals surface area contributed by atoms with Crippen LogP contribution in [0.4, 0.5) is 0 Å². The minimum absolute atomic E-state index is 0.662. The van der Waals surface area contributed by atoms with E-state index in [0.29, 0.717) is 0 Å². The molecule has 0 saturated heterocycles. The van der Waals surface area contributed by atoms with E-state index in [1.807, 2.05) is 0 Å². The first-order valence-corrected chi connectivity index (χ1v) is 5.86. The molecule has 0 spiro atoms. The Morgan fingerprint density at radius 3 is 2.95 bits per heavy atom. The van der Waals surface area contributed by atoms with Crippen LogP contribution >= 0.6 is 0 Å². The van der Waals surface area contributed by atoms with Crippen molar-refractivity contribution >= 4 is 0 Å². The fraction of sp³-hybridized carbons (Fsp3) is 0.667. The number of ether oxygens (including phenoxy) is 2. The van der Waals surface area contributed by atoms with Gasteiger partial charge in [-0.3, -0.25) is 0 Å². The summed E-state index contributed by atoms with van der Waals surface area (Å²) in [5.74, 6) is -3.97. The van der Waals surface area contributed by atoms with E-state index in [1.165, 1.54) is 5.32 Å². The molecule has 1 aliphatic carbocycles. The van der Waals surface area contributed by atoms with Crippen molar-refractivity contribution in [3.8, 4) is 5.75 Å². The topological polar surface area (TPSA) is 50.7 Å². The zero-order valence-electron chi connectivity index (χ0n) is 34.1. The van der Waals surface area contributed by atoms with Crippen molar-refractivity contribution in [2.24, 2.45) is 5.89 Å². The van der Waals surface area contributed by atoms with Gasteiger partial charge >= 0.3 is 0 Å². The molecule has 1 aliphatic rings. The first-order chi connectivity index (χ1) is 19.3. The third-order valence-corrected chi connectivity index (χ3v) is 2.08. The van der Waals surface area contributed by atoms with E-state index in [0.717, 1.165) is 24.3 Å². The lowest BCUT2D eigenvalue weighted by Gasteiger charge is -2.15. The van der Waals surface area contributed by atoms with Gasteiger partial charge in [0.1, 0.15) is 18.4 Å². The van der Waals surface area contributed by atoms with Gasteiger partial charge in [0.15, 0.2) is 0 Å². The lowest BCUT2D eigenvalue weighted by atomic mass is 10.1. The monoisotopic (exact) mass is 330 g/mol. The van der Waals surface area contributed by atoms with E-state index >= 15 is 0 Å². The molecule has 0 bridgehead atoms. The van der Waals surface area contributed by atoms with Crippen molar-refractivity contribution in [1.82, 2.24) is 5.32 Å². The van der Waals surface area contributed by atoms with Crippen molar-refractivity contribution in [2.75, 3.05) is 26.2 Å². The number of nitrogens with one attached hydrogen (secondary N) is 1. The summed E-state index contributed by atoms with van der Waals surface area (Å²) in [6, 6.07) is -0.953. The summed E-state index contributed by atoms with van der Waals surface area (Å²) >= 11 is 0. The average molecular weight is 331 g/mol. The zero-order valence-corrected chi connectivity index (χ0v) is 11.1. The van der Waals surface area contributed by atoms with Crippen molar-refractivity contribution in [3.05, 3.63) is 29.8 Å². The Morgan fingerprint density at radius 1 is 1.50 bits per heavy atom. The predicted octanol–water partition coefficient (Wildman–Crippen LogP) is 2.39. The molecule has 1 atom stereocenters. The lowest BCUT2D eigenvalue weighted by Crippen LogP contribution is -2.35. The molecule has 0 amide bonds. The molecule has 1 unspecified atom stereocenters. The molecule has 0 heterocycles. The largest absolute Gasteiger partial charge is 0.491 e. The number of rotatable bonds is 11. The zero-order chi connectivity index (χ0) is 36.1. The first-order valence-electron chi connectivity index (χ1n) is 17.4. The molecule has 22 heavy (non-hydrogen) atoms. The van der Waals surface area contributed by atoms with E-state index in [4.69, 9.17) is 36.3 Å². The number of aliphatic hydroxyl groups is 1. The molecule has 0 aliphatic heterocycles. The summed E-state index contributed by atoms with van der Waals surface area (Å²) < 4.78 is 187. The summed E-state index contributed by atoms with van der Waals surface area (Å²) in [7, 11) is 0. The summed E-state index contributed by atoms with van der Waals surface area (Å²) in [4.78, 5) is 0. The third kappa shape index (κ3) is 7.25. The maximum absolute atomic E-state index is 10.5. The number of hydrogen-bond acceptors (Lipinski definition) is 4. The molecule has 2 rings (SSSR count). The van der Waals surface area contributed by atoms with Gasteiger partial charge in [0, 0.05) is 41.0 Å². The van der Waals surface area contributed by atoms with E-state index in [-0.39, 0.29) is 0 Å². The van der Waals surface area contributed by atoms with Gasteiger partial charge in [-0.25, -0.2) is 0 Å². The molecule has 124 valence electrons. The molecule has 1 aromatic rings. The highest BCUT2D eigenvalue weighted by atomic mass is 16.5. The SMILES string of the molecule is [2H]C([2H])([2H])C([2H])(NC([2H])([2H])C([2H])(O)C([2H])([2H])Oc1ccc(C([2H])([2H])C([2H])([2H])OC([2H])([2H])C2([2H])C([2H])([2H])C2([2H])[2H])cc1)C([2H])([2H])[2H]. The maximum Gasteiger partial charge on any atom is 0.119 e. The van der Waals surface area contributed by atoms with E-state index < -0.39 is 88.3 Å². The lowest BCUT2D eigenvalue weighted by molar-refractivity contribution is 0.104. The third-order valence-electron chi connectivity index (χ3n) is 2.08. The molecule has 0 aromatic heterocycles. The second-order valence-corrected chi connectivity index (χ2v) is 3.76. The maximum atomic E-state index is 10.5. The van der Waals surface area contributed by atoms with E-state index in [2.05, 4.69) is 4.74 Å². The predicted molar refractivity (Wildman–Crippen MR) is 88.3 cm³/mol. The fourth-order valence-electron chi connectivity index (χ4n) is 1.10. The van der Waals surface area contributed by atoms with E-state index in [1.54, 1.807) is 0 Å². The molecule has 2 N–H and O–H groups in total. The van der Waals surface area contributed by atoms with Crippen LogP contribution in [0.15, 0.2) is 24.3 Å². The fourth-order valence-corrected chi connectivity index (χ4v) is 1.10. The number of hydrogen-bond donors (Lipinski definition) is 2. The first kappa shape index (κ1) is 4.11. The summed E-state index contributed by atoms with van der Waals surface area (Å²) in [5.41, 5.74) is -0.662. The highest BCUT2D eigenvalue weighted by molar-refractivity contribution is 5.27. The summed E-state index contributed by atoms with van der Waals surface area (Å²) in [5, 5.41) is 11.7. The van der Waals surface area contributed by atoms with Gasteiger partial charge < -0.3 is 19.9 Å². The molecule has 1 fully saturated rings. The Balaban J connectivity index is 2.35. The van der Waals surface area contributed by atoms with Crippen LogP contribution in [0.3, 0.4) is 0 Å². The van der Waals surface area contributed by atoms with Gasteiger partial charge in [-0.05, 0) is 42.7 Å². The van der Waals surface area contributed by atoms with Crippen LogP contribution in [-0.4, -0.2) is 43.4 Å². The highest BCUT2D eigenvalue weighted by Gasteiger charge is 2.20. The van der Waals surface area contributed by atoms with Crippen molar-refractivity contribution in [3.63, 3.8) is 0 Å². The van der Waals surface area contributed by atoms with Crippen molar-refractivity contribution in [2.45, 2.75) is 44.9 Å². The molecule has 0 radical (unpaired) electrons. The van der Waals surface area contributed by atoms with Gasteiger partial charge in [-0.1, -0.05) is 25.8 Å². The van der Waals surface area contributed by atoms with Gasteiger partial charge in [0.05, 0.1) is 16.2 Å².